The van der Waals surface area contributed by atoms with Crippen molar-refractivity contribution in [2.75, 3.05) is 13.2 Å². The van der Waals surface area contributed by atoms with Gasteiger partial charge in [0.1, 0.15) is 0 Å². The van der Waals surface area contributed by atoms with Crippen molar-refractivity contribution in [3.63, 3.8) is 0 Å². The molecule has 0 heterocycles. The number of aliphatic hydroxyl groups is 2. The zero-order valence-electron chi connectivity index (χ0n) is 8.29. The normalized spacial score (nSPS) is 13.0. The molecular formula is C9H19NO3. The second-order valence-electron chi connectivity index (χ2n) is 3.44. The second-order valence-corrected chi connectivity index (χ2v) is 3.44. The molecule has 0 aliphatic carbocycles. The molecule has 0 rings (SSSR count). The van der Waals surface area contributed by atoms with Gasteiger partial charge >= 0.3 is 0 Å². The maximum Gasteiger partial charge on any atom is 0.220 e. The van der Waals surface area contributed by atoms with Gasteiger partial charge in [-0.3, -0.25) is 4.79 Å². The van der Waals surface area contributed by atoms with Gasteiger partial charge in [-0.05, 0) is 12.3 Å². The van der Waals surface area contributed by atoms with Gasteiger partial charge in [0.2, 0.25) is 5.91 Å². The second kappa shape index (κ2) is 6.86. The predicted molar refractivity (Wildman–Crippen MR) is 50.2 cm³/mol. The first kappa shape index (κ1) is 12.4. The van der Waals surface area contributed by atoms with E-state index in [1.807, 2.05) is 13.8 Å². The molecule has 1 unspecified atom stereocenters. The van der Waals surface area contributed by atoms with Crippen LogP contribution in [0.3, 0.4) is 0 Å². The molecule has 0 radical (unpaired) electrons. The number of aliphatic hydroxyl groups excluding tert-OH is 2. The van der Waals surface area contributed by atoms with Gasteiger partial charge < -0.3 is 15.5 Å². The molecule has 0 bridgehead atoms. The minimum atomic E-state index is -0.488. The molecule has 0 aliphatic heterocycles. The van der Waals surface area contributed by atoms with Crippen molar-refractivity contribution in [1.29, 1.82) is 0 Å². The molecular weight excluding hydrogens is 170 g/mol. The fourth-order valence-electron chi connectivity index (χ4n) is 0.782. The number of hydrogen-bond acceptors (Lipinski definition) is 3. The molecule has 13 heavy (non-hydrogen) atoms. The van der Waals surface area contributed by atoms with Crippen LogP contribution >= 0.6 is 0 Å². The van der Waals surface area contributed by atoms with E-state index in [4.69, 9.17) is 5.11 Å². The predicted octanol–water partition coefficient (Wildman–Crippen LogP) is -0.108. The number of carbonyl (C=O) groups excluding carboxylic acids is 1. The lowest BCUT2D eigenvalue weighted by atomic mass is 10.1. The molecule has 0 saturated heterocycles. The number of rotatable bonds is 6. The van der Waals surface area contributed by atoms with E-state index in [0.29, 0.717) is 19.4 Å². The zero-order chi connectivity index (χ0) is 10.3. The Balaban J connectivity index is 3.46. The van der Waals surface area contributed by atoms with Crippen molar-refractivity contribution in [3.05, 3.63) is 0 Å². The molecule has 0 fully saturated rings. The van der Waals surface area contributed by atoms with Crippen LogP contribution in [0.15, 0.2) is 0 Å². The highest BCUT2D eigenvalue weighted by atomic mass is 16.3. The number of carbonyl (C=O) groups is 1. The van der Waals surface area contributed by atoms with Gasteiger partial charge in [-0.25, -0.2) is 0 Å². The summed E-state index contributed by atoms with van der Waals surface area (Å²) in [5, 5.41) is 20.4. The van der Waals surface area contributed by atoms with Crippen LogP contribution in [0.2, 0.25) is 0 Å². The largest absolute Gasteiger partial charge is 0.396 e. The summed E-state index contributed by atoms with van der Waals surface area (Å²) in [6.07, 6.45) is 0.309. The quantitative estimate of drug-likeness (QED) is 0.546. The van der Waals surface area contributed by atoms with Crippen LogP contribution in [-0.4, -0.2) is 35.4 Å². The van der Waals surface area contributed by atoms with Crippen LogP contribution in [0.25, 0.3) is 0 Å². The van der Waals surface area contributed by atoms with Gasteiger partial charge in [-0.1, -0.05) is 13.8 Å². The van der Waals surface area contributed by atoms with Crippen molar-refractivity contribution in [2.45, 2.75) is 32.8 Å². The summed E-state index contributed by atoms with van der Waals surface area (Å²) in [6, 6.07) is 0. The fraction of sp³-hybridized carbons (Fsp3) is 0.889. The minimum absolute atomic E-state index is 0.0279. The first-order valence-electron chi connectivity index (χ1n) is 4.63. The highest BCUT2D eigenvalue weighted by molar-refractivity contribution is 5.75. The Labute approximate surface area is 79.0 Å². The highest BCUT2D eigenvalue weighted by Crippen LogP contribution is 1.99. The molecule has 3 N–H and O–H groups in total. The lowest BCUT2D eigenvalue weighted by Crippen LogP contribution is -2.34. The molecule has 0 aromatic rings. The summed E-state index contributed by atoms with van der Waals surface area (Å²) < 4.78 is 0. The third-order valence-electron chi connectivity index (χ3n) is 1.84. The molecule has 4 nitrogen and oxygen atoms in total. The Hall–Kier alpha value is -0.610. The topological polar surface area (TPSA) is 69.6 Å². The van der Waals surface area contributed by atoms with Gasteiger partial charge in [-0.2, -0.15) is 0 Å². The molecule has 0 aliphatic rings. The van der Waals surface area contributed by atoms with E-state index in [1.54, 1.807) is 0 Å². The number of hydrogen-bond donors (Lipinski definition) is 3. The van der Waals surface area contributed by atoms with E-state index in [1.165, 1.54) is 0 Å². The van der Waals surface area contributed by atoms with Gasteiger partial charge in [-0.15, -0.1) is 0 Å². The molecule has 78 valence electrons. The monoisotopic (exact) mass is 189 g/mol. The standard InChI is InChI=1S/C9H19NO3/c1-7(2)8(12)6-10-9(13)4-3-5-11/h7-8,11-12H,3-6H2,1-2H3,(H,10,13). The summed E-state index contributed by atoms with van der Waals surface area (Å²) in [4.78, 5) is 11.0. The maximum absolute atomic E-state index is 11.0. The Morgan fingerprint density at radius 1 is 1.46 bits per heavy atom. The van der Waals surface area contributed by atoms with Crippen molar-refractivity contribution in [3.8, 4) is 0 Å². The summed E-state index contributed by atoms with van der Waals surface area (Å²) in [7, 11) is 0. The fourth-order valence-corrected chi connectivity index (χ4v) is 0.782. The van der Waals surface area contributed by atoms with E-state index in [-0.39, 0.29) is 18.4 Å². The van der Waals surface area contributed by atoms with Crippen LogP contribution in [0, 0.1) is 5.92 Å². The van der Waals surface area contributed by atoms with Crippen molar-refractivity contribution >= 4 is 5.91 Å². The smallest absolute Gasteiger partial charge is 0.220 e. The van der Waals surface area contributed by atoms with Crippen LogP contribution < -0.4 is 5.32 Å². The summed E-state index contributed by atoms with van der Waals surface area (Å²) >= 11 is 0. The van der Waals surface area contributed by atoms with E-state index < -0.39 is 6.10 Å². The third kappa shape index (κ3) is 6.54. The Bertz CT molecular complexity index is 148. The van der Waals surface area contributed by atoms with Crippen LogP contribution in [0.5, 0.6) is 0 Å². The van der Waals surface area contributed by atoms with Crippen LogP contribution in [-0.2, 0) is 4.79 Å². The average Bonchev–Trinajstić information content (AvgIpc) is 2.10. The summed E-state index contributed by atoms with van der Waals surface area (Å²) in [6.45, 7) is 4.11. The van der Waals surface area contributed by atoms with Gasteiger partial charge in [0.05, 0.1) is 6.10 Å². The number of amides is 1. The lowest BCUT2D eigenvalue weighted by molar-refractivity contribution is -0.121. The van der Waals surface area contributed by atoms with Gasteiger partial charge in [0, 0.05) is 19.6 Å². The van der Waals surface area contributed by atoms with Crippen molar-refractivity contribution in [1.82, 2.24) is 5.32 Å². The van der Waals surface area contributed by atoms with Crippen LogP contribution in [0.4, 0.5) is 0 Å². The highest BCUT2D eigenvalue weighted by Gasteiger charge is 2.09. The molecule has 1 atom stereocenters. The zero-order valence-corrected chi connectivity index (χ0v) is 8.29. The average molecular weight is 189 g/mol. The van der Waals surface area contributed by atoms with E-state index in [2.05, 4.69) is 5.32 Å². The van der Waals surface area contributed by atoms with Crippen molar-refractivity contribution in [2.24, 2.45) is 5.92 Å². The first-order chi connectivity index (χ1) is 6.07. The first-order valence-corrected chi connectivity index (χ1v) is 4.63. The summed E-state index contributed by atoms with van der Waals surface area (Å²) in [5.41, 5.74) is 0. The van der Waals surface area contributed by atoms with Gasteiger partial charge in [0.15, 0.2) is 0 Å². The molecule has 4 heteroatoms. The van der Waals surface area contributed by atoms with Crippen LogP contribution in [0.1, 0.15) is 26.7 Å². The molecule has 0 saturated carbocycles. The van der Waals surface area contributed by atoms with E-state index >= 15 is 0 Å². The minimum Gasteiger partial charge on any atom is -0.396 e. The molecule has 1 amide bonds. The van der Waals surface area contributed by atoms with Crippen molar-refractivity contribution < 1.29 is 15.0 Å². The van der Waals surface area contributed by atoms with Gasteiger partial charge in [0.25, 0.3) is 0 Å². The van der Waals surface area contributed by atoms with E-state index in [0.717, 1.165) is 0 Å². The molecule has 0 aromatic heterocycles. The Morgan fingerprint density at radius 2 is 2.08 bits per heavy atom. The van der Waals surface area contributed by atoms with E-state index in [9.17, 15) is 9.90 Å². The SMILES string of the molecule is CC(C)C(O)CNC(=O)CCCO. The molecule has 0 aromatic carbocycles. The Morgan fingerprint density at radius 3 is 2.54 bits per heavy atom. The summed E-state index contributed by atoms with van der Waals surface area (Å²) in [5.74, 6) is 0.0342. The Kier molecular flexibility index (Phi) is 6.54. The third-order valence-corrected chi connectivity index (χ3v) is 1.84. The lowest BCUT2D eigenvalue weighted by Gasteiger charge is -2.14. The number of nitrogens with one attached hydrogen (secondary N) is 1. The maximum atomic E-state index is 11.0. The molecule has 0 spiro atoms.